The molecule has 0 radical (unpaired) electrons. The van der Waals surface area contributed by atoms with Crippen LogP contribution in [0, 0.1) is 0 Å². The normalized spacial score (nSPS) is 15.8. The number of unbranched alkanes of at least 4 members (excludes halogenated alkanes) is 1. The van der Waals surface area contributed by atoms with Crippen LogP contribution in [0.1, 0.15) is 25.7 Å². The molecule has 1 aliphatic rings. The predicted molar refractivity (Wildman–Crippen MR) is 59.2 cm³/mol. The van der Waals surface area contributed by atoms with Crippen molar-refractivity contribution in [2.45, 2.75) is 25.7 Å². The van der Waals surface area contributed by atoms with Crippen LogP contribution in [0.15, 0.2) is 23.8 Å². The molecule has 0 aromatic carbocycles. The zero-order valence-corrected chi connectivity index (χ0v) is 9.15. The van der Waals surface area contributed by atoms with Gasteiger partial charge in [-0.05, 0) is 19.3 Å². The third kappa shape index (κ3) is 4.89. The first kappa shape index (κ1) is 12.6. The van der Waals surface area contributed by atoms with Gasteiger partial charge in [0.25, 0.3) is 0 Å². The molecule has 0 bridgehead atoms. The first-order valence-electron chi connectivity index (χ1n) is 5.39. The molecule has 88 valence electrons. The maximum atomic E-state index is 11.2. The predicted octanol–water partition coefficient (Wildman–Crippen LogP) is 1.71. The highest BCUT2D eigenvalue weighted by Gasteiger charge is 2.10. The van der Waals surface area contributed by atoms with Crippen molar-refractivity contribution in [3.05, 3.63) is 23.8 Å². The summed E-state index contributed by atoms with van der Waals surface area (Å²) in [6.45, 7) is 0.191. The summed E-state index contributed by atoms with van der Waals surface area (Å²) in [5, 5.41) is 8.30. The van der Waals surface area contributed by atoms with Crippen LogP contribution in [0.25, 0.3) is 0 Å². The Morgan fingerprint density at radius 2 is 2.38 bits per heavy atom. The Kier molecular flexibility index (Phi) is 5.50. The maximum Gasteiger partial charge on any atom is 0.329 e. The van der Waals surface area contributed by atoms with Gasteiger partial charge in [-0.25, -0.2) is 4.79 Å². The van der Waals surface area contributed by atoms with Gasteiger partial charge in [-0.2, -0.15) is 0 Å². The minimum absolute atomic E-state index is 0.207. The van der Waals surface area contributed by atoms with Gasteiger partial charge in [0.15, 0.2) is 5.78 Å². The van der Waals surface area contributed by atoms with Gasteiger partial charge in [0.2, 0.25) is 0 Å². The molecule has 0 fully saturated rings. The molecule has 0 atom stereocenters. The summed E-state index contributed by atoms with van der Waals surface area (Å²) in [6.07, 6.45) is 8.75. The fourth-order valence-electron chi connectivity index (χ4n) is 1.45. The van der Waals surface area contributed by atoms with E-state index < -0.39 is 5.97 Å². The topological polar surface area (TPSA) is 63.6 Å². The van der Waals surface area contributed by atoms with E-state index in [1.807, 2.05) is 18.2 Å². The lowest BCUT2D eigenvalue weighted by molar-refractivity contribution is -0.142. The van der Waals surface area contributed by atoms with E-state index in [0.29, 0.717) is 13.0 Å². The smallest absolute Gasteiger partial charge is 0.329 e. The van der Waals surface area contributed by atoms with Crippen LogP contribution in [-0.4, -0.2) is 30.1 Å². The van der Waals surface area contributed by atoms with Gasteiger partial charge in [0.05, 0.1) is 0 Å². The lowest BCUT2D eigenvalue weighted by Crippen LogP contribution is -2.07. The minimum Gasteiger partial charge on any atom is -0.480 e. The summed E-state index contributed by atoms with van der Waals surface area (Å²) in [7, 11) is 0. The molecule has 0 aliphatic heterocycles. The van der Waals surface area contributed by atoms with Crippen LogP contribution in [0.4, 0.5) is 0 Å². The van der Waals surface area contributed by atoms with Gasteiger partial charge in [-0.15, -0.1) is 0 Å². The third-order valence-corrected chi connectivity index (χ3v) is 2.24. The standard InChI is InChI=1S/C12H16O4/c13-11-7-4-6-10(11)5-2-1-3-8-16-9-12(14)15/h2,5-6H,1,3-4,7-9H2,(H,14,15). The molecule has 4 nitrogen and oxygen atoms in total. The van der Waals surface area contributed by atoms with Gasteiger partial charge in [-0.3, -0.25) is 4.79 Å². The zero-order valence-electron chi connectivity index (χ0n) is 9.15. The Morgan fingerprint density at radius 1 is 1.56 bits per heavy atom. The number of allylic oxidation sites excluding steroid dienone is 4. The molecule has 1 rings (SSSR count). The molecule has 0 saturated heterocycles. The number of ether oxygens (including phenoxy) is 1. The molecule has 16 heavy (non-hydrogen) atoms. The van der Waals surface area contributed by atoms with Crippen molar-refractivity contribution in [1.29, 1.82) is 0 Å². The Labute approximate surface area is 94.6 Å². The fraction of sp³-hybridized carbons (Fsp3) is 0.500. The Morgan fingerprint density at radius 3 is 3.00 bits per heavy atom. The van der Waals surface area contributed by atoms with Crippen molar-refractivity contribution in [1.82, 2.24) is 0 Å². The highest BCUT2D eigenvalue weighted by molar-refractivity contribution is 6.00. The summed E-state index contributed by atoms with van der Waals surface area (Å²) in [6, 6.07) is 0. The molecule has 0 unspecified atom stereocenters. The number of ketones is 1. The number of carboxylic acid groups (broad SMARTS) is 1. The Hall–Kier alpha value is -1.42. The number of rotatable bonds is 7. The fourth-order valence-corrected chi connectivity index (χ4v) is 1.45. The summed E-state index contributed by atoms with van der Waals surface area (Å²) >= 11 is 0. The molecule has 1 N–H and O–H groups in total. The minimum atomic E-state index is -0.947. The molecule has 0 heterocycles. The van der Waals surface area contributed by atoms with E-state index in [0.717, 1.165) is 24.8 Å². The van der Waals surface area contributed by atoms with E-state index in [4.69, 9.17) is 9.84 Å². The van der Waals surface area contributed by atoms with Crippen LogP contribution >= 0.6 is 0 Å². The van der Waals surface area contributed by atoms with Crippen LogP contribution in [0.5, 0.6) is 0 Å². The SMILES string of the molecule is O=C(O)COCCCC=CC1=CCCC1=O. The summed E-state index contributed by atoms with van der Waals surface area (Å²) < 4.78 is 4.87. The van der Waals surface area contributed by atoms with E-state index in [-0.39, 0.29) is 12.4 Å². The average molecular weight is 224 g/mol. The number of carbonyl (C=O) groups excluding carboxylic acids is 1. The summed E-state index contributed by atoms with van der Waals surface area (Å²) in [5.41, 5.74) is 0.798. The lowest BCUT2D eigenvalue weighted by Gasteiger charge is -1.98. The van der Waals surface area contributed by atoms with Crippen molar-refractivity contribution in [3.8, 4) is 0 Å². The largest absolute Gasteiger partial charge is 0.480 e. The first-order valence-corrected chi connectivity index (χ1v) is 5.39. The molecular weight excluding hydrogens is 208 g/mol. The second-order valence-corrected chi connectivity index (χ2v) is 3.61. The molecule has 0 aromatic heterocycles. The van der Waals surface area contributed by atoms with E-state index in [1.54, 1.807) is 0 Å². The molecule has 1 aliphatic carbocycles. The van der Waals surface area contributed by atoms with Gasteiger partial charge in [0, 0.05) is 18.6 Å². The zero-order chi connectivity index (χ0) is 11.8. The third-order valence-electron chi connectivity index (χ3n) is 2.24. The van der Waals surface area contributed by atoms with Gasteiger partial charge in [-0.1, -0.05) is 18.2 Å². The van der Waals surface area contributed by atoms with Crippen molar-refractivity contribution in [3.63, 3.8) is 0 Å². The lowest BCUT2D eigenvalue weighted by atomic mass is 10.2. The van der Waals surface area contributed by atoms with Gasteiger partial charge in [0.1, 0.15) is 6.61 Å². The van der Waals surface area contributed by atoms with Crippen molar-refractivity contribution in [2.75, 3.05) is 13.2 Å². The van der Waals surface area contributed by atoms with Crippen molar-refractivity contribution in [2.24, 2.45) is 0 Å². The van der Waals surface area contributed by atoms with Crippen molar-refractivity contribution < 1.29 is 19.4 Å². The highest BCUT2D eigenvalue weighted by atomic mass is 16.5. The molecule has 4 heteroatoms. The maximum absolute atomic E-state index is 11.2. The number of hydrogen-bond acceptors (Lipinski definition) is 3. The van der Waals surface area contributed by atoms with Crippen LogP contribution < -0.4 is 0 Å². The number of carbonyl (C=O) groups is 2. The quantitative estimate of drug-likeness (QED) is 0.669. The average Bonchev–Trinajstić information content (AvgIpc) is 2.62. The molecule has 0 spiro atoms. The molecule has 0 amide bonds. The van der Waals surface area contributed by atoms with E-state index in [2.05, 4.69) is 0 Å². The molecule has 0 saturated carbocycles. The molecule has 0 aromatic rings. The van der Waals surface area contributed by atoms with Gasteiger partial charge >= 0.3 is 5.97 Å². The highest BCUT2D eigenvalue weighted by Crippen LogP contribution is 2.14. The number of carboxylic acids is 1. The Balaban J connectivity index is 2.05. The molecular formula is C12H16O4. The van der Waals surface area contributed by atoms with Gasteiger partial charge < -0.3 is 9.84 Å². The second-order valence-electron chi connectivity index (χ2n) is 3.61. The number of Topliss-reactive ketones (excluding diaryl/α,β-unsaturated/α-hetero) is 1. The van der Waals surface area contributed by atoms with Crippen LogP contribution in [-0.2, 0) is 14.3 Å². The van der Waals surface area contributed by atoms with E-state index in [9.17, 15) is 9.59 Å². The monoisotopic (exact) mass is 224 g/mol. The van der Waals surface area contributed by atoms with E-state index >= 15 is 0 Å². The van der Waals surface area contributed by atoms with E-state index in [1.165, 1.54) is 0 Å². The summed E-state index contributed by atoms with van der Waals surface area (Å²) in [5.74, 6) is -0.740. The number of aliphatic carboxylic acids is 1. The Bertz CT molecular complexity index is 315. The first-order chi connectivity index (χ1) is 7.70. The van der Waals surface area contributed by atoms with Crippen LogP contribution in [0.2, 0.25) is 0 Å². The summed E-state index contributed by atoms with van der Waals surface area (Å²) in [4.78, 5) is 21.3. The second kappa shape index (κ2) is 6.95. The number of hydrogen-bond donors (Lipinski definition) is 1. The van der Waals surface area contributed by atoms with Crippen molar-refractivity contribution >= 4 is 11.8 Å². The van der Waals surface area contributed by atoms with Crippen LogP contribution in [0.3, 0.4) is 0 Å².